The first-order valence-corrected chi connectivity index (χ1v) is 22.9. The quantitative estimate of drug-likeness (QED) is 0.181. The van der Waals surface area contributed by atoms with E-state index in [0.29, 0.717) is 40.3 Å². The fourth-order valence-electron chi connectivity index (χ4n) is 10.1. The van der Waals surface area contributed by atoms with Gasteiger partial charge in [0.15, 0.2) is 0 Å². The molecule has 1 N–H and O–H groups in total. The minimum Gasteiger partial charge on any atom is -0.487 e. The van der Waals surface area contributed by atoms with Crippen molar-refractivity contribution in [1.82, 2.24) is 30.0 Å². The summed E-state index contributed by atoms with van der Waals surface area (Å²) in [4.78, 5) is 71.0. The molecule has 0 radical (unpaired) electrons. The highest BCUT2D eigenvalue weighted by molar-refractivity contribution is 6.30. The topological polar surface area (TPSA) is 155 Å². The minimum absolute atomic E-state index is 0.102. The van der Waals surface area contributed by atoms with Gasteiger partial charge in [0, 0.05) is 80.6 Å². The fourth-order valence-corrected chi connectivity index (χ4v) is 10.3. The molecule has 4 aromatic rings. The first-order valence-electron chi connectivity index (χ1n) is 22.5. The number of fused-ring (bicyclic) bond motifs is 1. The molecule has 0 saturated carbocycles. The molecule has 64 heavy (non-hydrogen) atoms. The summed E-state index contributed by atoms with van der Waals surface area (Å²) >= 11 is 6.31. The monoisotopic (exact) mass is 883 g/mol. The van der Waals surface area contributed by atoms with Gasteiger partial charge >= 0.3 is 0 Å². The number of ether oxygens (including phenoxy) is 1. The van der Waals surface area contributed by atoms with E-state index >= 15 is 0 Å². The molecule has 9 rings (SSSR count). The van der Waals surface area contributed by atoms with Gasteiger partial charge in [-0.3, -0.25) is 34.3 Å². The van der Waals surface area contributed by atoms with Crippen LogP contribution in [0.15, 0.2) is 72.9 Å². The Bertz CT molecular complexity index is 2470. The molecule has 4 amide bonds. The second-order valence-corrected chi connectivity index (χ2v) is 18.7. The number of amides is 4. The lowest BCUT2D eigenvalue weighted by atomic mass is 9.78. The standard InChI is InChI=1S/C49H54ClN9O5/c1-49(2,35-25-33(29-51)26-36(50)27-35)34-3-6-40(7-4-34)64-31-37-11-16-52-48(53-37)58-23-21-57(22-24-58)38-14-17-55(18-15-38)30-32-12-19-56(20-13-32)39-5-8-41-42(28-39)47(63)59(46(41)62)43-9-10-44(60)54-45(43)61/h3-8,11,16,25-28,32,38,43H,9-10,12-15,17-24,30-31H2,1-2H3,(H,54,60,61). The molecule has 332 valence electrons. The summed E-state index contributed by atoms with van der Waals surface area (Å²) in [5, 5.41) is 12.2. The molecule has 0 spiro atoms. The van der Waals surface area contributed by atoms with Crippen molar-refractivity contribution in [3.8, 4) is 11.8 Å². The molecule has 5 aliphatic rings. The number of nitriles is 1. The first-order chi connectivity index (χ1) is 30.9. The number of piperazine rings is 1. The number of nitrogens with one attached hydrogen (secondary N) is 1. The van der Waals surface area contributed by atoms with Gasteiger partial charge in [-0.05, 0) is 117 Å². The zero-order chi connectivity index (χ0) is 44.5. The third kappa shape index (κ3) is 9.07. The van der Waals surface area contributed by atoms with E-state index in [2.05, 4.69) is 61.9 Å². The smallest absolute Gasteiger partial charge is 0.262 e. The third-order valence-electron chi connectivity index (χ3n) is 14.0. The number of benzene rings is 3. The van der Waals surface area contributed by atoms with Gasteiger partial charge in [-0.2, -0.15) is 5.26 Å². The van der Waals surface area contributed by atoms with Gasteiger partial charge < -0.3 is 19.4 Å². The molecule has 6 heterocycles. The Kier molecular flexibility index (Phi) is 12.4. The molecule has 5 aliphatic heterocycles. The Hall–Kier alpha value is -5.88. The highest BCUT2D eigenvalue weighted by Crippen LogP contribution is 2.36. The van der Waals surface area contributed by atoms with Gasteiger partial charge in [-0.15, -0.1) is 0 Å². The minimum atomic E-state index is -0.961. The normalized spacial score (nSPS) is 20.7. The lowest BCUT2D eigenvalue weighted by molar-refractivity contribution is -0.136. The number of halogens is 1. The van der Waals surface area contributed by atoms with E-state index in [9.17, 15) is 24.4 Å². The molecule has 1 aromatic heterocycles. The van der Waals surface area contributed by atoms with Crippen LogP contribution in [0.1, 0.15) is 95.5 Å². The van der Waals surface area contributed by atoms with Crippen LogP contribution >= 0.6 is 11.6 Å². The molecule has 3 aromatic carbocycles. The summed E-state index contributed by atoms with van der Waals surface area (Å²) < 4.78 is 6.16. The summed E-state index contributed by atoms with van der Waals surface area (Å²) in [6.07, 6.45) is 6.53. The molecule has 4 fully saturated rings. The Morgan fingerprint density at radius 1 is 0.797 bits per heavy atom. The van der Waals surface area contributed by atoms with Crippen molar-refractivity contribution in [2.24, 2.45) is 5.92 Å². The number of imide groups is 2. The van der Waals surface area contributed by atoms with E-state index in [1.807, 2.05) is 42.6 Å². The summed E-state index contributed by atoms with van der Waals surface area (Å²) in [5.74, 6) is 0.188. The number of aromatic nitrogens is 2. The van der Waals surface area contributed by atoms with Crippen LogP contribution < -0.4 is 19.9 Å². The maximum atomic E-state index is 13.4. The highest BCUT2D eigenvalue weighted by Gasteiger charge is 2.45. The number of nitrogens with zero attached hydrogens (tertiary/aromatic N) is 8. The summed E-state index contributed by atoms with van der Waals surface area (Å²) in [6.45, 7) is 13.4. The van der Waals surface area contributed by atoms with Crippen LogP contribution in [0.3, 0.4) is 0 Å². The molecular formula is C49H54ClN9O5. The van der Waals surface area contributed by atoms with Crippen LogP contribution in [-0.2, 0) is 21.6 Å². The van der Waals surface area contributed by atoms with Crippen molar-refractivity contribution in [2.75, 3.05) is 68.7 Å². The molecule has 1 unspecified atom stereocenters. The molecule has 1 atom stereocenters. The van der Waals surface area contributed by atoms with E-state index < -0.39 is 23.8 Å². The Balaban J connectivity index is 0.698. The summed E-state index contributed by atoms with van der Waals surface area (Å²) in [5.41, 5.74) is 4.66. The molecule has 0 aliphatic carbocycles. The van der Waals surface area contributed by atoms with Crippen molar-refractivity contribution in [2.45, 2.75) is 76.5 Å². The molecular weight excluding hydrogens is 830 g/mol. The van der Waals surface area contributed by atoms with Crippen LogP contribution in [0.25, 0.3) is 0 Å². The van der Waals surface area contributed by atoms with Crippen LogP contribution in [0.5, 0.6) is 5.75 Å². The third-order valence-corrected chi connectivity index (χ3v) is 14.2. The highest BCUT2D eigenvalue weighted by atomic mass is 35.5. The van der Waals surface area contributed by atoms with Crippen LogP contribution in [0, 0.1) is 17.2 Å². The van der Waals surface area contributed by atoms with Crippen LogP contribution in [0.2, 0.25) is 5.02 Å². The predicted octanol–water partition coefficient (Wildman–Crippen LogP) is 5.81. The zero-order valence-corrected chi connectivity index (χ0v) is 37.2. The van der Waals surface area contributed by atoms with E-state index in [1.54, 1.807) is 18.2 Å². The van der Waals surface area contributed by atoms with Gasteiger partial charge in [0.25, 0.3) is 11.8 Å². The van der Waals surface area contributed by atoms with Gasteiger partial charge in [0.1, 0.15) is 18.4 Å². The molecule has 0 bridgehead atoms. The lowest BCUT2D eigenvalue weighted by Gasteiger charge is -2.43. The van der Waals surface area contributed by atoms with Crippen LogP contribution in [0.4, 0.5) is 11.6 Å². The average Bonchev–Trinajstić information content (AvgIpc) is 3.56. The molecule has 4 saturated heterocycles. The Morgan fingerprint density at radius 3 is 2.25 bits per heavy atom. The number of hydrogen-bond donors (Lipinski definition) is 1. The fraction of sp³-hybridized carbons (Fsp3) is 0.449. The first kappa shape index (κ1) is 43.4. The Labute approximate surface area is 379 Å². The van der Waals surface area contributed by atoms with Crippen molar-refractivity contribution in [3.05, 3.63) is 111 Å². The van der Waals surface area contributed by atoms with Gasteiger partial charge in [0.05, 0.1) is 28.5 Å². The van der Waals surface area contributed by atoms with Crippen molar-refractivity contribution >= 4 is 46.9 Å². The average molecular weight is 884 g/mol. The van der Waals surface area contributed by atoms with E-state index in [4.69, 9.17) is 21.3 Å². The number of anilines is 2. The molecule has 14 nitrogen and oxygen atoms in total. The Morgan fingerprint density at radius 2 is 1.53 bits per heavy atom. The largest absolute Gasteiger partial charge is 0.487 e. The van der Waals surface area contributed by atoms with Gasteiger partial charge in [0.2, 0.25) is 17.8 Å². The summed E-state index contributed by atoms with van der Waals surface area (Å²) in [7, 11) is 0. The predicted molar refractivity (Wildman–Crippen MR) is 242 cm³/mol. The maximum absolute atomic E-state index is 13.4. The zero-order valence-electron chi connectivity index (χ0n) is 36.5. The van der Waals surface area contributed by atoms with Crippen molar-refractivity contribution in [3.63, 3.8) is 0 Å². The number of hydrogen-bond acceptors (Lipinski definition) is 12. The van der Waals surface area contributed by atoms with E-state index in [0.717, 1.165) is 111 Å². The van der Waals surface area contributed by atoms with Crippen molar-refractivity contribution < 1.29 is 23.9 Å². The second kappa shape index (κ2) is 18.3. The lowest BCUT2D eigenvalue weighted by Crippen LogP contribution is -2.54. The SMILES string of the molecule is CC(C)(c1ccc(OCc2ccnc(N3CCN(C4CCN(CC5CCN(c6ccc7c(c6)C(=O)N(C6CCC(=O)NC6=O)C7=O)CC5)CC4)CC3)n2)cc1)c1cc(Cl)cc(C#N)c1. The van der Waals surface area contributed by atoms with E-state index in [-0.39, 0.29) is 24.2 Å². The number of carbonyl (C=O) groups excluding carboxylic acids is 4. The number of carbonyl (C=O) groups is 4. The van der Waals surface area contributed by atoms with Crippen molar-refractivity contribution in [1.29, 1.82) is 5.26 Å². The molecule has 15 heteroatoms. The van der Waals surface area contributed by atoms with Gasteiger partial charge in [-0.25, -0.2) is 9.97 Å². The second-order valence-electron chi connectivity index (χ2n) is 18.3. The van der Waals surface area contributed by atoms with E-state index in [1.165, 1.54) is 12.8 Å². The van der Waals surface area contributed by atoms with Crippen LogP contribution in [-0.4, -0.2) is 119 Å². The number of piperidine rings is 3. The summed E-state index contributed by atoms with van der Waals surface area (Å²) in [6, 6.07) is 22.7. The van der Waals surface area contributed by atoms with Gasteiger partial charge in [-0.1, -0.05) is 37.6 Å². The number of likely N-dealkylation sites (tertiary alicyclic amines) is 1. The number of rotatable bonds is 11. The maximum Gasteiger partial charge on any atom is 0.262 e.